The minimum absolute atomic E-state index is 0.618. The molecule has 0 atom stereocenters. The number of hydrazone groups is 1. The minimum atomic E-state index is 0.618. The Bertz CT molecular complexity index is 816. The molecule has 2 heterocycles. The fourth-order valence-corrected chi connectivity index (χ4v) is 2.23. The molecule has 3 rings (SSSR count). The van der Waals surface area contributed by atoms with Gasteiger partial charge in [-0.15, -0.1) is 0 Å². The highest BCUT2D eigenvalue weighted by atomic mass is 79.9. The van der Waals surface area contributed by atoms with Gasteiger partial charge < -0.3 is 0 Å². The summed E-state index contributed by atoms with van der Waals surface area (Å²) in [4.78, 5) is 12.6. The van der Waals surface area contributed by atoms with Crippen LogP contribution in [0.3, 0.4) is 0 Å². The molecule has 104 valence electrons. The van der Waals surface area contributed by atoms with Crippen molar-refractivity contribution in [3.8, 4) is 0 Å². The van der Waals surface area contributed by atoms with E-state index in [4.69, 9.17) is 0 Å². The van der Waals surface area contributed by atoms with E-state index in [2.05, 4.69) is 47.5 Å². The molecule has 0 spiro atoms. The van der Waals surface area contributed by atoms with Gasteiger partial charge in [0.25, 0.3) is 0 Å². The summed E-state index contributed by atoms with van der Waals surface area (Å²) in [7, 11) is 0. The first kappa shape index (κ1) is 13.6. The van der Waals surface area contributed by atoms with E-state index in [1.807, 2.05) is 37.3 Å². The van der Waals surface area contributed by atoms with Crippen molar-refractivity contribution >= 4 is 39.0 Å². The monoisotopic (exact) mass is 341 g/mol. The second kappa shape index (κ2) is 5.97. The lowest BCUT2D eigenvalue weighted by Gasteiger charge is -2.03. The fraction of sp³-hybridized carbons (Fsp3) is 0.0667. The Hall–Kier alpha value is -2.34. The third kappa shape index (κ3) is 3.22. The lowest BCUT2D eigenvalue weighted by atomic mass is 10.2. The summed E-state index contributed by atoms with van der Waals surface area (Å²) >= 11 is 3.33. The molecule has 5 nitrogen and oxygen atoms in total. The van der Waals surface area contributed by atoms with Crippen molar-refractivity contribution in [1.82, 2.24) is 15.0 Å². The second-order valence-corrected chi connectivity index (χ2v) is 5.32. The standard InChI is InChI=1S/C15H12BrN5/c1-10-3-2-4-11(7-10)8-19-21-15-12-5-6-13(16)20-14(12)17-9-18-15/h2-9H,1H3,(H,17,18,20,21). The van der Waals surface area contributed by atoms with Gasteiger partial charge in [0.1, 0.15) is 10.9 Å². The van der Waals surface area contributed by atoms with Gasteiger partial charge in [-0.05, 0) is 40.5 Å². The van der Waals surface area contributed by atoms with Crippen LogP contribution in [0.15, 0.2) is 52.4 Å². The zero-order valence-electron chi connectivity index (χ0n) is 11.3. The van der Waals surface area contributed by atoms with Crippen LogP contribution in [0.4, 0.5) is 5.82 Å². The van der Waals surface area contributed by atoms with E-state index in [1.54, 1.807) is 6.21 Å². The highest BCUT2D eigenvalue weighted by Gasteiger charge is 2.03. The average molecular weight is 342 g/mol. The molecule has 3 aromatic rings. The summed E-state index contributed by atoms with van der Waals surface area (Å²) in [6.07, 6.45) is 3.22. The van der Waals surface area contributed by atoms with Crippen molar-refractivity contribution in [2.24, 2.45) is 5.10 Å². The first-order valence-corrected chi connectivity index (χ1v) is 7.15. The summed E-state index contributed by atoms with van der Waals surface area (Å²) in [5.41, 5.74) is 5.78. The molecule has 21 heavy (non-hydrogen) atoms. The highest BCUT2D eigenvalue weighted by molar-refractivity contribution is 9.10. The van der Waals surface area contributed by atoms with Gasteiger partial charge in [-0.1, -0.05) is 29.8 Å². The summed E-state index contributed by atoms with van der Waals surface area (Å²) in [6.45, 7) is 2.05. The van der Waals surface area contributed by atoms with Crippen LogP contribution in [0.2, 0.25) is 0 Å². The average Bonchev–Trinajstić information content (AvgIpc) is 2.47. The summed E-state index contributed by atoms with van der Waals surface area (Å²) in [6, 6.07) is 11.8. The Kier molecular flexibility index (Phi) is 3.87. The maximum atomic E-state index is 4.29. The molecule has 1 aromatic carbocycles. The number of rotatable bonds is 3. The maximum absolute atomic E-state index is 4.29. The van der Waals surface area contributed by atoms with Crippen LogP contribution < -0.4 is 5.43 Å². The third-order valence-electron chi connectivity index (χ3n) is 2.89. The van der Waals surface area contributed by atoms with E-state index in [0.717, 1.165) is 15.6 Å². The molecule has 0 bridgehead atoms. The van der Waals surface area contributed by atoms with Crippen LogP contribution in [-0.4, -0.2) is 21.2 Å². The van der Waals surface area contributed by atoms with Crippen LogP contribution >= 0.6 is 15.9 Å². The predicted octanol–water partition coefficient (Wildman–Crippen LogP) is 3.54. The van der Waals surface area contributed by atoms with E-state index in [1.165, 1.54) is 11.9 Å². The van der Waals surface area contributed by atoms with Crippen molar-refractivity contribution in [3.05, 3.63) is 58.5 Å². The molecule has 0 amide bonds. The van der Waals surface area contributed by atoms with Gasteiger partial charge in [0.05, 0.1) is 11.6 Å². The molecule has 1 N–H and O–H groups in total. The van der Waals surface area contributed by atoms with Crippen molar-refractivity contribution in [1.29, 1.82) is 0 Å². The smallest absolute Gasteiger partial charge is 0.165 e. The number of hydrogen-bond acceptors (Lipinski definition) is 5. The molecule has 0 aliphatic rings. The molecule has 0 fully saturated rings. The van der Waals surface area contributed by atoms with E-state index in [0.29, 0.717) is 11.5 Å². The Labute approximate surface area is 130 Å². The van der Waals surface area contributed by atoms with Crippen molar-refractivity contribution < 1.29 is 0 Å². The van der Waals surface area contributed by atoms with Gasteiger partial charge >= 0.3 is 0 Å². The van der Waals surface area contributed by atoms with Crippen LogP contribution in [0.25, 0.3) is 11.0 Å². The van der Waals surface area contributed by atoms with Gasteiger partial charge in [-0.3, -0.25) is 5.43 Å². The predicted molar refractivity (Wildman–Crippen MR) is 87.4 cm³/mol. The number of nitrogens with zero attached hydrogens (tertiary/aromatic N) is 4. The number of aromatic nitrogens is 3. The van der Waals surface area contributed by atoms with Gasteiger partial charge in [-0.2, -0.15) is 5.10 Å². The van der Waals surface area contributed by atoms with Crippen LogP contribution in [0, 0.1) is 6.92 Å². The molecule has 6 heteroatoms. The first-order chi connectivity index (χ1) is 10.2. The van der Waals surface area contributed by atoms with Gasteiger partial charge in [-0.25, -0.2) is 15.0 Å². The van der Waals surface area contributed by atoms with E-state index in [-0.39, 0.29) is 0 Å². The first-order valence-electron chi connectivity index (χ1n) is 6.35. The molecule has 0 saturated heterocycles. The molecule has 2 aromatic heterocycles. The number of nitrogens with one attached hydrogen (secondary N) is 1. The van der Waals surface area contributed by atoms with Gasteiger partial charge in [0.15, 0.2) is 11.5 Å². The van der Waals surface area contributed by atoms with Crippen LogP contribution in [-0.2, 0) is 0 Å². The maximum Gasteiger partial charge on any atom is 0.165 e. The summed E-state index contributed by atoms with van der Waals surface area (Å²) in [5, 5.41) is 5.04. The van der Waals surface area contributed by atoms with Crippen molar-refractivity contribution in [3.63, 3.8) is 0 Å². The summed E-state index contributed by atoms with van der Waals surface area (Å²) < 4.78 is 0.739. The van der Waals surface area contributed by atoms with Gasteiger partial charge in [0.2, 0.25) is 0 Å². The number of hydrogen-bond donors (Lipinski definition) is 1. The minimum Gasteiger partial charge on any atom is -0.261 e. The number of benzene rings is 1. The Morgan fingerprint density at radius 3 is 2.95 bits per heavy atom. The molecule has 0 aliphatic carbocycles. The van der Waals surface area contributed by atoms with E-state index < -0.39 is 0 Å². The van der Waals surface area contributed by atoms with Crippen molar-refractivity contribution in [2.45, 2.75) is 6.92 Å². The van der Waals surface area contributed by atoms with Gasteiger partial charge in [0, 0.05) is 0 Å². The number of fused-ring (bicyclic) bond motifs is 1. The largest absolute Gasteiger partial charge is 0.261 e. The number of anilines is 1. The molecular formula is C15H12BrN5. The molecule has 0 aliphatic heterocycles. The van der Waals surface area contributed by atoms with Crippen LogP contribution in [0.1, 0.15) is 11.1 Å². The SMILES string of the molecule is Cc1cccc(C=NNc2ncnc3nc(Br)ccc23)c1. The van der Waals surface area contributed by atoms with E-state index in [9.17, 15) is 0 Å². The zero-order valence-corrected chi connectivity index (χ0v) is 12.9. The quantitative estimate of drug-likeness (QED) is 0.449. The number of pyridine rings is 1. The second-order valence-electron chi connectivity index (χ2n) is 4.51. The Morgan fingerprint density at radius 2 is 2.10 bits per heavy atom. The molecule has 0 radical (unpaired) electrons. The molecular weight excluding hydrogens is 330 g/mol. The number of aryl methyl sites for hydroxylation is 1. The Balaban J connectivity index is 1.85. The zero-order chi connectivity index (χ0) is 14.7. The normalized spacial score (nSPS) is 11.1. The summed E-state index contributed by atoms with van der Waals surface area (Å²) in [5.74, 6) is 0.629. The lowest BCUT2D eigenvalue weighted by Crippen LogP contribution is -1.97. The molecule has 0 unspecified atom stereocenters. The van der Waals surface area contributed by atoms with E-state index >= 15 is 0 Å². The Morgan fingerprint density at radius 1 is 1.19 bits per heavy atom. The fourth-order valence-electron chi connectivity index (χ4n) is 1.93. The van der Waals surface area contributed by atoms with Crippen LogP contribution in [0.5, 0.6) is 0 Å². The third-order valence-corrected chi connectivity index (χ3v) is 3.33. The van der Waals surface area contributed by atoms with Crippen molar-refractivity contribution in [2.75, 3.05) is 5.43 Å². The number of halogens is 1. The topological polar surface area (TPSA) is 63.1 Å². The highest BCUT2D eigenvalue weighted by Crippen LogP contribution is 2.19. The lowest BCUT2D eigenvalue weighted by molar-refractivity contribution is 1.15. The molecule has 0 saturated carbocycles.